The van der Waals surface area contributed by atoms with E-state index in [1.54, 1.807) is 18.2 Å². The van der Waals surface area contributed by atoms with Gasteiger partial charge in [-0.2, -0.15) is 0 Å². The van der Waals surface area contributed by atoms with Crippen molar-refractivity contribution in [1.29, 1.82) is 0 Å². The van der Waals surface area contributed by atoms with Gasteiger partial charge in [-0.3, -0.25) is 4.79 Å². The number of aliphatic carboxylic acids is 1. The average molecular weight is 258 g/mol. The summed E-state index contributed by atoms with van der Waals surface area (Å²) in [5.74, 6) is -0.494. The second kappa shape index (κ2) is 4.55. The number of anilines is 1. The molecular formula is C11H12ClNO2S. The maximum absolute atomic E-state index is 11.1. The van der Waals surface area contributed by atoms with Crippen LogP contribution in [-0.2, 0) is 4.79 Å². The number of thioether (sulfide) groups is 1. The topological polar surface area (TPSA) is 63.3 Å². The standard InChI is InChI=1S/C11H12ClNO2S/c12-8-4-3-7(13)5-9(8)16-10(11(14)15)6-1-2-6/h3-6,10H,1-2,13H2,(H,14,15). The first-order valence-electron chi connectivity index (χ1n) is 5.02. The van der Waals surface area contributed by atoms with Crippen LogP contribution in [0.2, 0.25) is 5.02 Å². The molecule has 2 rings (SSSR count). The van der Waals surface area contributed by atoms with E-state index in [1.807, 2.05) is 0 Å². The van der Waals surface area contributed by atoms with Crippen LogP contribution in [0.1, 0.15) is 12.8 Å². The molecule has 1 aliphatic rings. The Kier molecular flexibility index (Phi) is 3.30. The third-order valence-electron chi connectivity index (χ3n) is 2.50. The zero-order valence-corrected chi connectivity index (χ0v) is 10.1. The molecular weight excluding hydrogens is 246 g/mol. The van der Waals surface area contributed by atoms with Gasteiger partial charge in [0.2, 0.25) is 0 Å². The van der Waals surface area contributed by atoms with E-state index < -0.39 is 11.2 Å². The molecule has 3 nitrogen and oxygen atoms in total. The fourth-order valence-corrected chi connectivity index (χ4v) is 2.97. The van der Waals surface area contributed by atoms with E-state index in [4.69, 9.17) is 22.4 Å². The first-order chi connectivity index (χ1) is 7.58. The molecule has 1 unspecified atom stereocenters. The first kappa shape index (κ1) is 11.6. The van der Waals surface area contributed by atoms with Crippen molar-refractivity contribution in [2.75, 3.05) is 5.73 Å². The van der Waals surface area contributed by atoms with Crippen molar-refractivity contribution in [2.24, 2.45) is 5.92 Å². The van der Waals surface area contributed by atoms with Crippen LogP contribution in [0.25, 0.3) is 0 Å². The van der Waals surface area contributed by atoms with Crippen LogP contribution in [-0.4, -0.2) is 16.3 Å². The van der Waals surface area contributed by atoms with Gasteiger partial charge in [-0.25, -0.2) is 0 Å². The summed E-state index contributed by atoms with van der Waals surface area (Å²) >= 11 is 7.30. The van der Waals surface area contributed by atoms with Crippen LogP contribution in [0, 0.1) is 5.92 Å². The molecule has 0 heterocycles. The Labute approximate surface area is 103 Å². The van der Waals surface area contributed by atoms with Crippen LogP contribution in [0.5, 0.6) is 0 Å². The van der Waals surface area contributed by atoms with Crippen LogP contribution >= 0.6 is 23.4 Å². The molecule has 0 aromatic heterocycles. The number of carboxylic acids is 1. The molecule has 0 saturated heterocycles. The molecule has 5 heteroatoms. The Bertz CT molecular complexity index is 420. The first-order valence-corrected chi connectivity index (χ1v) is 6.28. The van der Waals surface area contributed by atoms with Gasteiger partial charge in [0.1, 0.15) is 5.25 Å². The smallest absolute Gasteiger partial charge is 0.317 e. The highest BCUT2D eigenvalue weighted by molar-refractivity contribution is 8.00. The van der Waals surface area contributed by atoms with E-state index in [-0.39, 0.29) is 5.92 Å². The zero-order chi connectivity index (χ0) is 11.7. The zero-order valence-electron chi connectivity index (χ0n) is 8.52. The van der Waals surface area contributed by atoms with Crippen molar-refractivity contribution in [3.63, 3.8) is 0 Å². The summed E-state index contributed by atoms with van der Waals surface area (Å²) in [6.45, 7) is 0. The van der Waals surface area contributed by atoms with Gasteiger partial charge in [0, 0.05) is 10.6 Å². The molecule has 1 atom stereocenters. The van der Waals surface area contributed by atoms with Crippen molar-refractivity contribution >= 4 is 35.0 Å². The summed E-state index contributed by atoms with van der Waals surface area (Å²) in [5, 5.41) is 9.27. The second-order valence-electron chi connectivity index (χ2n) is 3.90. The van der Waals surface area contributed by atoms with Crippen molar-refractivity contribution in [2.45, 2.75) is 23.0 Å². The van der Waals surface area contributed by atoms with Gasteiger partial charge < -0.3 is 10.8 Å². The van der Waals surface area contributed by atoms with Gasteiger partial charge in [-0.15, -0.1) is 11.8 Å². The Balaban J connectivity index is 2.17. The number of nitrogen functional groups attached to an aromatic ring is 1. The minimum atomic E-state index is -0.772. The highest BCUT2D eigenvalue weighted by Gasteiger charge is 2.37. The quantitative estimate of drug-likeness (QED) is 0.643. The number of hydrogen-bond acceptors (Lipinski definition) is 3. The summed E-state index contributed by atoms with van der Waals surface area (Å²) in [5.41, 5.74) is 6.26. The van der Waals surface area contributed by atoms with Crippen LogP contribution in [0.3, 0.4) is 0 Å². The van der Waals surface area contributed by atoms with Crippen LogP contribution < -0.4 is 5.73 Å². The third-order valence-corrected chi connectivity index (χ3v) is 4.38. The van der Waals surface area contributed by atoms with Crippen molar-refractivity contribution in [3.8, 4) is 0 Å². The Morgan fingerprint density at radius 2 is 2.25 bits per heavy atom. The molecule has 1 fully saturated rings. The molecule has 0 aliphatic heterocycles. The number of halogens is 1. The number of hydrogen-bond donors (Lipinski definition) is 2. The fraction of sp³-hybridized carbons (Fsp3) is 0.364. The van der Waals surface area contributed by atoms with E-state index >= 15 is 0 Å². The molecule has 1 aromatic rings. The largest absolute Gasteiger partial charge is 0.480 e. The Morgan fingerprint density at radius 3 is 2.81 bits per heavy atom. The number of carboxylic acid groups (broad SMARTS) is 1. The molecule has 1 aliphatic carbocycles. The van der Waals surface area contributed by atoms with Gasteiger partial charge in [-0.1, -0.05) is 11.6 Å². The molecule has 0 spiro atoms. The van der Waals surface area contributed by atoms with Gasteiger partial charge in [0.15, 0.2) is 0 Å². The molecule has 1 saturated carbocycles. The third kappa shape index (κ3) is 2.62. The van der Waals surface area contributed by atoms with Gasteiger partial charge >= 0.3 is 5.97 Å². The lowest BCUT2D eigenvalue weighted by Gasteiger charge is -2.12. The van der Waals surface area contributed by atoms with Gasteiger partial charge in [-0.05, 0) is 37.0 Å². The summed E-state index contributed by atoms with van der Waals surface area (Å²) in [6.07, 6.45) is 1.98. The van der Waals surface area contributed by atoms with E-state index in [2.05, 4.69) is 0 Å². The molecule has 0 radical (unpaired) electrons. The molecule has 0 amide bonds. The average Bonchev–Trinajstić information content (AvgIpc) is 3.02. The molecule has 16 heavy (non-hydrogen) atoms. The number of carbonyl (C=O) groups is 1. The molecule has 1 aromatic carbocycles. The predicted octanol–water partition coefficient (Wildman–Crippen LogP) is 2.88. The van der Waals surface area contributed by atoms with Crippen molar-refractivity contribution in [1.82, 2.24) is 0 Å². The lowest BCUT2D eigenvalue weighted by atomic mass is 10.3. The van der Waals surface area contributed by atoms with Gasteiger partial charge in [0.25, 0.3) is 0 Å². The van der Waals surface area contributed by atoms with E-state index in [1.165, 1.54) is 11.8 Å². The number of rotatable bonds is 4. The summed E-state index contributed by atoms with van der Waals surface area (Å²) in [6, 6.07) is 5.13. The lowest BCUT2D eigenvalue weighted by molar-refractivity contribution is -0.136. The Hall–Kier alpha value is -0.870. The van der Waals surface area contributed by atoms with Crippen molar-refractivity contribution in [3.05, 3.63) is 23.2 Å². The lowest BCUT2D eigenvalue weighted by Crippen LogP contribution is -2.18. The molecule has 86 valence electrons. The molecule has 0 bridgehead atoms. The van der Waals surface area contributed by atoms with Crippen LogP contribution in [0.15, 0.2) is 23.1 Å². The second-order valence-corrected chi connectivity index (χ2v) is 5.49. The number of nitrogens with two attached hydrogens (primary N) is 1. The maximum atomic E-state index is 11.1. The predicted molar refractivity (Wildman–Crippen MR) is 65.9 cm³/mol. The van der Waals surface area contributed by atoms with Crippen LogP contribution in [0.4, 0.5) is 5.69 Å². The highest BCUT2D eigenvalue weighted by atomic mass is 35.5. The summed E-state index contributed by atoms with van der Waals surface area (Å²) in [4.78, 5) is 11.8. The molecule has 3 N–H and O–H groups in total. The summed E-state index contributed by atoms with van der Waals surface area (Å²) < 4.78 is 0. The van der Waals surface area contributed by atoms with E-state index in [9.17, 15) is 4.79 Å². The van der Waals surface area contributed by atoms with E-state index in [0.29, 0.717) is 10.7 Å². The normalized spacial score (nSPS) is 17.1. The van der Waals surface area contributed by atoms with Crippen molar-refractivity contribution < 1.29 is 9.90 Å². The Morgan fingerprint density at radius 1 is 1.56 bits per heavy atom. The van der Waals surface area contributed by atoms with E-state index in [0.717, 1.165) is 17.7 Å². The minimum absolute atomic E-state index is 0.278. The van der Waals surface area contributed by atoms with Gasteiger partial charge in [0.05, 0.1) is 5.02 Å². The highest BCUT2D eigenvalue weighted by Crippen LogP contribution is 2.43. The maximum Gasteiger partial charge on any atom is 0.317 e. The number of benzene rings is 1. The monoisotopic (exact) mass is 257 g/mol. The minimum Gasteiger partial charge on any atom is -0.480 e. The SMILES string of the molecule is Nc1ccc(Cl)c(SC(C(=O)O)C2CC2)c1. The summed E-state index contributed by atoms with van der Waals surface area (Å²) in [7, 11) is 0. The fourth-order valence-electron chi connectivity index (χ4n) is 1.49.